The Kier molecular flexibility index (Phi) is 10.6. The Bertz CT molecular complexity index is 999. The molecule has 2 N–H and O–H groups in total. The fraction of sp³-hybridized carbons (Fsp3) is 0.632. The van der Waals surface area contributed by atoms with Crippen molar-refractivity contribution in [3.05, 3.63) is 18.2 Å². The molecule has 0 aliphatic heterocycles. The SMILES string of the molecule is CC(C)OC(=O)OCOP(=O)(COC(C)Cc1cnc2c(N)ncnn12)OCOC(=O)OC(C)C. The van der Waals surface area contributed by atoms with Gasteiger partial charge in [0.05, 0.1) is 30.2 Å². The van der Waals surface area contributed by atoms with Gasteiger partial charge in [0.15, 0.2) is 11.5 Å². The van der Waals surface area contributed by atoms with Crippen LogP contribution in [0.25, 0.3) is 5.65 Å². The van der Waals surface area contributed by atoms with Gasteiger partial charge in [-0.25, -0.2) is 24.1 Å². The molecule has 1 unspecified atom stereocenters. The molecule has 35 heavy (non-hydrogen) atoms. The zero-order valence-corrected chi connectivity index (χ0v) is 21.0. The Labute approximate surface area is 201 Å². The first kappa shape index (κ1) is 28.2. The van der Waals surface area contributed by atoms with Crippen LogP contribution in [-0.4, -0.2) is 70.1 Å². The quantitative estimate of drug-likeness (QED) is 0.231. The predicted molar refractivity (Wildman–Crippen MR) is 119 cm³/mol. The number of nitrogens with two attached hydrogens (primary N) is 1. The maximum Gasteiger partial charge on any atom is 0.510 e. The second-order valence-electron chi connectivity index (χ2n) is 7.67. The van der Waals surface area contributed by atoms with E-state index in [1.165, 1.54) is 10.8 Å². The van der Waals surface area contributed by atoms with Crippen LogP contribution in [0.3, 0.4) is 0 Å². The van der Waals surface area contributed by atoms with Gasteiger partial charge in [0, 0.05) is 6.42 Å². The number of rotatable bonds is 13. The van der Waals surface area contributed by atoms with Gasteiger partial charge in [0.25, 0.3) is 0 Å². The van der Waals surface area contributed by atoms with Crippen LogP contribution in [0.2, 0.25) is 0 Å². The number of hydrogen-bond acceptors (Lipinski definition) is 14. The molecule has 2 rings (SSSR count). The highest BCUT2D eigenvalue weighted by Gasteiger charge is 2.29. The van der Waals surface area contributed by atoms with Crippen molar-refractivity contribution in [2.45, 2.75) is 59.4 Å². The zero-order chi connectivity index (χ0) is 26.0. The minimum Gasteiger partial charge on any atom is -0.432 e. The first-order chi connectivity index (χ1) is 16.5. The van der Waals surface area contributed by atoms with Gasteiger partial charge in [-0.1, -0.05) is 0 Å². The van der Waals surface area contributed by atoms with Crippen LogP contribution in [0, 0.1) is 0 Å². The molecule has 196 valence electrons. The highest BCUT2D eigenvalue weighted by molar-refractivity contribution is 7.53. The van der Waals surface area contributed by atoms with Gasteiger partial charge in [-0.05, 0) is 34.6 Å². The number of anilines is 1. The Morgan fingerprint density at radius 1 is 1.00 bits per heavy atom. The number of nitrogens with zero attached hydrogens (tertiary/aromatic N) is 4. The third kappa shape index (κ3) is 9.64. The molecule has 2 heterocycles. The summed E-state index contributed by atoms with van der Waals surface area (Å²) in [6.45, 7) is 6.72. The summed E-state index contributed by atoms with van der Waals surface area (Å²) < 4.78 is 49.5. The molecule has 2 aromatic rings. The number of fused-ring (bicyclic) bond motifs is 1. The van der Waals surface area contributed by atoms with Crippen LogP contribution in [0.1, 0.15) is 40.3 Å². The van der Waals surface area contributed by atoms with Crippen LogP contribution in [-0.2, 0) is 43.7 Å². The van der Waals surface area contributed by atoms with E-state index in [2.05, 4.69) is 15.1 Å². The van der Waals surface area contributed by atoms with E-state index in [1.54, 1.807) is 40.8 Å². The van der Waals surface area contributed by atoms with Gasteiger partial charge in [-0.3, -0.25) is 13.6 Å². The van der Waals surface area contributed by atoms with Crippen molar-refractivity contribution >= 4 is 31.4 Å². The molecule has 0 amide bonds. The molecule has 0 radical (unpaired) electrons. The maximum absolute atomic E-state index is 13.1. The Hall–Kier alpha value is -3.00. The summed E-state index contributed by atoms with van der Waals surface area (Å²) in [5.74, 6) is 0.220. The van der Waals surface area contributed by atoms with Crippen molar-refractivity contribution in [1.82, 2.24) is 19.6 Å². The Morgan fingerprint density at radius 3 is 2.11 bits per heavy atom. The van der Waals surface area contributed by atoms with Crippen LogP contribution in [0.4, 0.5) is 15.4 Å². The number of nitrogen functional groups attached to an aromatic ring is 1. The largest absolute Gasteiger partial charge is 0.510 e. The number of aromatic nitrogens is 4. The zero-order valence-electron chi connectivity index (χ0n) is 20.1. The van der Waals surface area contributed by atoms with E-state index in [0.717, 1.165) is 0 Å². The van der Waals surface area contributed by atoms with Crippen molar-refractivity contribution in [2.24, 2.45) is 0 Å². The van der Waals surface area contributed by atoms with Gasteiger partial charge >= 0.3 is 19.9 Å². The highest BCUT2D eigenvalue weighted by Crippen LogP contribution is 2.48. The molecule has 0 spiro atoms. The fourth-order valence-electron chi connectivity index (χ4n) is 2.47. The smallest absolute Gasteiger partial charge is 0.432 e. The first-order valence-corrected chi connectivity index (χ1v) is 12.3. The predicted octanol–water partition coefficient (Wildman–Crippen LogP) is 2.88. The van der Waals surface area contributed by atoms with Crippen molar-refractivity contribution < 1.29 is 46.9 Å². The molecule has 1 atom stereocenters. The minimum absolute atomic E-state index is 0.220. The first-order valence-electron chi connectivity index (χ1n) is 10.6. The topological polar surface area (TPSA) is 185 Å². The maximum atomic E-state index is 13.1. The van der Waals surface area contributed by atoms with Crippen molar-refractivity contribution in [1.29, 1.82) is 0 Å². The van der Waals surface area contributed by atoms with Crippen molar-refractivity contribution in [3.8, 4) is 0 Å². The third-order valence-electron chi connectivity index (χ3n) is 3.93. The number of ether oxygens (including phenoxy) is 5. The lowest BCUT2D eigenvalue weighted by Crippen LogP contribution is -2.19. The van der Waals surface area contributed by atoms with Crippen molar-refractivity contribution in [2.75, 3.05) is 25.7 Å². The average molecular weight is 519 g/mol. The molecule has 16 heteroatoms. The molecule has 0 aliphatic carbocycles. The summed E-state index contributed by atoms with van der Waals surface area (Å²) in [6.07, 6.45) is -0.772. The van der Waals surface area contributed by atoms with E-state index < -0.39 is 58.2 Å². The Morgan fingerprint density at radius 2 is 1.57 bits per heavy atom. The van der Waals surface area contributed by atoms with E-state index in [-0.39, 0.29) is 5.82 Å². The lowest BCUT2D eigenvalue weighted by Gasteiger charge is -2.20. The van der Waals surface area contributed by atoms with Crippen LogP contribution in [0.5, 0.6) is 0 Å². The molecule has 0 bridgehead atoms. The van der Waals surface area contributed by atoms with Crippen LogP contribution in [0.15, 0.2) is 12.5 Å². The average Bonchev–Trinajstić information content (AvgIpc) is 3.15. The lowest BCUT2D eigenvalue weighted by atomic mass is 10.2. The molecule has 0 saturated heterocycles. The lowest BCUT2D eigenvalue weighted by molar-refractivity contribution is -0.0364. The van der Waals surface area contributed by atoms with Gasteiger partial charge in [0.2, 0.25) is 13.6 Å². The summed E-state index contributed by atoms with van der Waals surface area (Å²) in [6, 6.07) is 0. The van der Waals surface area contributed by atoms with E-state index in [4.69, 9.17) is 38.5 Å². The number of carbonyl (C=O) groups is 2. The Balaban J connectivity index is 1.95. The highest BCUT2D eigenvalue weighted by atomic mass is 31.2. The molecule has 0 aromatic carbocycles. The number of carbonyl (C=O) groups excluding carboxylic acids is 2. The van der Waals surface area contributed by atoms with Gasteiger partial charge in [-0.15, -0.1) is 0 Å². The molecule has 0 saturated carbocycles. The number of hydrogen-bond donors (Lipinski definition) is 1. The van der Waals surface area contributed by atoms with E-state index in [1.807, 2.05) is 0 Å². The van der Waals surface area contributed by atoms with Gasteiger partial charge < -0.3 is 29.4 Å². The van der Waals surface area contributed by atoms with Gasteiger partial charge in [0.1, 0.15) is 12.7 Å². The van der Waals surface area contributed by atoms with E-state index >= 15 is 0 Å². The fourth-order valence-corrected chi connectivity index (χ4v) is 3.55. The summed E-state index contributed by atoms with van der Waals surface area (Å²) >= 11 is 0. The molecule has 15 nitrogen and oxygen atoms in total. The molecule has 2 aromatic heterocycles. The normalized spacial score (nSPS) is 12.7. The summed E-state index contributed by atoms with van der Waals surface area (Å²) in [4.78, 5) is 31.1. The number of imidazole rings is 1. The summed E-state index contributed by atoms with van der Waals surface area (Å²) in [5.41, 5.74) is 6.84. The summed E-state index contributed by atoms with van der Waals surface area (Å²) in [5, 5.41) is 4.10. The summed E-state index contributed by atoms with van der Waals surface area (Å²) in [7, 11) is -4.06. The van der Waals surface area contributed by atoms with Gasteiger partial charge in [-0.2, -0.15) is 5.10 Å². The van der Waals surface area contributed by atoms with Crippen molar-refractivity contribution in [3.63, 3.8) is 0 Å². The molecular weight excluding hydrogens is 489 g/mol. The second-order valence-corrected chi connectivity index (χ2v) is 9.66. The van der Waals surface area contributed by atoms with E-state index in [0.29, 0.717) is 17.8 Å². The third-order valence-corrected chi connectivity index (χ3v) is 5.39. The second kappa shape index (κ2) is 13.2. The molecule has 0 fully saturated rings. The van der Waals surface area contributed by atoms with Crippen LogP contribution >= 0.6 is 7.60 Å². The van der Waals surface area contributed by atoms with E-state index in [9.17, 15) is 14.2 Å². The monoisotopic (exact) mass is 519 g/mol. The molecule has 0 aliphatic rings. The standard InChI is InChI=1S/C19H30N5O10P/c1-12(2)33-18(25)28-9-31-35(27,32-10-29-19(26)34-13(3)4)11-30-14(5)6-15-7-21-17-16(20)22-8-23-24(15)17/h7-8,12-14H,6,9-11H2,1-5H3,(H2,20,22,23). The minimum atomic E-state index is -4.06. The van der Waals surface area contributed by atoms with Crippen LogP contribution < -0.4 is 5.73 Å². The molecular formula is C19H30N5O10P.